The highest BCUT2D eigenvalue weighted by atomic mass is 32.2. The van der Waals surface area contributed by atoms with E-state index < -0.39 is 10.0 Å². The third kappa shape index (κ3) is 4.05. The second kappa shape index (κ2) is 8.36. The maximum Gasteiger partial charge on any atom is 0.243 e. The van der Waals surface area contributed by atoms with Crippen LogP contribution in [0.25, 0.3) is 11.4 Å². The van der Waals surface area contributed by atoms with Crippen molar-refractivity contribution < 1.29 is 17.9 Å². The Morgan fingerprint density at radius 3 is 2.48 bits per heavy atom. The number of rotatable bonds is 5. The highest BCUT2D eigenvalue weighted by molar-refractivity contribution is 7.89. The van der Waals surface area contributed by atoms with Crippen LogP contribution in [0.3, 0.4) is 0 Å². The minimum Gasteiger partial charge on any atom is -0.486 e. The zero-order valence-electron chi connectivity index (χ0n) is 17.2. The molecule has 0 amide bonds. The van der Waals surface area contributed by atoms with Crippen molar-refractivity contribution in [3.05, 3.63) is 60.9 Å². The van der Waals surface area contributed by atoms with E-state index in [0.717, 1.165) is 30.8 Å². The summed E-state index contributed by atoms with van der Waals surface area (Å²) < 4.78 is 41.1. The lowest BCUT2D eigenvalue weighted by molar-refractivity contribution is 0.171. The molecule has 2 aliphatic heterocycles. The molecule has 31 heavy (non-hydrogen) atoms. The number of fused-ring (bicyclic) bond motifs is 1. The smallest absolute Gasteiger partial charge is 0.243 e. The number of benzene rings is 2. The van der Waals surface area contributed by atoms with Crippen molar-refractivity contribution in [1.29, 1.82) is 0 Å². The van der Waals surface area contributed by atoms with Crippen LogP contribution >= 0.6 is 0 Å². The SMILES string of the molecule is O=S(=O)(c1ccc2c(c1)OCCO2)N1CCC(Cn2ccnc2-c2ccccc2)CC1. The van der Waals surface area contributed by atoms with Crippen molar-refractivity contribution in [1.82, 2.24) is 13.9 Å². The van der Waals surface area contributed by atoms with Gasteiger partial charge in [0.2, 0.25) is 10.0 Å². The number of nitrogens with zero attached hydrogens (tertiary/aromatic N) is 3. The van der Waals surface area contributed by atoms with Gasteiger partial charge in [-0.2, -0.15) is 4.31 Å². The Balaban J connectivity index is 1.25. The largest absolute Gasteiger partial charge is 0.486 e. The third-order valence-electron chi connectivity index (χ3n) is 5.93. The molecule has 8 heteroatoms. The van der Waals surface area contributed by atoms with Crippen molar-refractivity contribution in [3.8, 4) is 22.9 Å². The van der Waals surface area contributed by atoms with Gasteiger partial charge >= 0.3 is 0 Å². The second-order valence-electron chi connectivity index (χ2n) is 7.92. The summed E-state index contributed by atoms with van der Waals surface area (Å²) in [6.45, 7) is 2.77. The summed E-state index contributed by atoms with van der Waals surface area (Å²) in [7, 11) is -3.55. The Morgan fingerprint density at radius 2 is 1.71 bits per heavy atom. The maximum absolute atomic E-state index is 13.2. The molecular weight excluding hydrogens is 414 g/mol. The zero-order valence-corrected chi connectivity index (χ0v) is 18.0. The molecule has 3 heterocycles. The molecule has 0 bridgehead atoms. The number of ether oxygens (including phenoxy) is 2. The first-order valence-corrected chi connectivity index (χ1v) is 12.0. The van der Waals surface area contributed by atoms with E-state index >= 15 is 0 Å². The van der Waals surface area contributed by atoms with Crippen molar-refractivity contribution in [2.75, 3.05) is 26.3 Å². The summed E-state index contributed by atoms with van der Waals surface area (Å²) in [5.74, 6) is 2.45. The molecule has 5 rings (SSSR count). The Labute approximate surface area is 182 Å². The number of imidazole rings is 1. The van der Waals surface area contributed by atoms with Gasteiger partial charge in [-0.3, -0.25) is 0 Å². The summed E-state index contributed by atoms with van der Waals surface area (Å²) in [4.78, 5) is 4.78. The lowest BCUT2D eigenvalue weighted by Crippen LogP contribution is -2.39. The number of piperidine rings is 1. The molecule has 3 aromatic rings. The van der Waals surface area contributed by atoms with Crippen LogP contribution in [0.4, 0.5) is 0 Å². The van der Waals surface area contributed by atoms with Crippen LogP contribution in [0.2, 0.25) is 0 Å². The summed E-state index contributed by atoms with van der Waals surface area (Å²) >= 11 is 0. The highest BCUT2D eigenvalue weighted by Gasteiger charge is 2.30. The van der Waals surface area contributed by atoms with Crippen molar-refractivity contribution in [3.63, 3.8) is 0 Å². The normalized spacial score (nSPS) is 17.5. The summed E-state index contributed by atoms with van der Waals surface area (Å²) in [6, 6.07) is 15.0. The number of aromatic nitrogens is 2. The summed E-state index contributed by atoms with van der Waals surface area (Å²) in [5, 5.41) is 0. The highest BCUT2D eigenvalue weighted by Crippen LogP contribution is 2.34. The first-order valence-electron chi connectivity index (χ1n) is 10.6. The third-order valence-corrected chi connectivity index (χ3v) is 7.82. The Kier molecular flexibility index (Phi) is 5.41. The molecule has 1 saturated heterocycles. The van der Waals surface area contributed by atoms with Gasteiger partial charge in [-0.15, -0.1) is 0 Å². The van der Waals surface area contributed by atoms with Crippen molar-refractivity contribution in [2.24, 2.45) is 5.92 Å². The molecule has 0 unspecified atom stereocenters. The van der Waals surface area contributed by atoms with Gasteiger partial charge in [-0.25, -0.2) is 13.4 Å². The number of hydrogen-bond acceptors (Lipinski definition) is 5. The van der Waals surface area contributed by atoms with Crippen LogP contribution in [0, 0.1) is 5.92 Å². The first-order chi connectivity index (χ1) is 15.1. The van der Waals surface area contributed by atoms with E-state index in [1.165, 1.54) is 0 Å². The number of hydrogen-bond donors (Lipinski definition) is 0. The predicted octanol–water partition coefficient (Wildman–Crippen LogP) is 3.42. The summed E-state index contributed by atoms with van der Waals surface area (Å²) in [6.07, 6.45) is 5.46. The minimum absolute atomic E-state index is 0.260. The van der Waals surface area contributed by atoms with Gasteiger partial charge in [0, 0.05) is 43.7 Å². The lowest BCUT2D eigenvalue weighted by atomic mass is 9.98. The van der Waals surface area contributed by atoms with Crippen LogP contribution in [0.1, 0.15) is 12.8 Å². The van der Waals surface area contributed by atoms with E-state index in [4.69, 9.17) is 9.47 Å². The van der Waals surface area contributed by atoms with E-state index in [-0.39, 0.29) is 4.90 Å². The van der Waals surface area contributed by atoms with Crippen LogP contribution in [-0.2, 0) is 16.6 Å². The zero-order chi connectivity index (χ0) is 21.3. The molecule has 7 nitrogen and oxygen atoms in total. The van der Waals surface area contributed by atoms with E-state index in [1.807, 2.05) is 30.6 Å². The Hall–Kier alpha value is -2.84. The fourth-order valence-corrected chi connectivity index (χ4v) is 5.73. The molecule has 1 fully saturated rings. The lowest BCUT2D eigenvalue weighted by Gasteiger charge is -2.32. The molecule has 0 aliphatic carbocycles. The fraction of sp³-hybridized carbons (Fsp3) is 0.348. The first kappa shape index (κ1) is 20.1. The maximum atomic E-state index is 13.2. The van der Waals surface area contributed by atoms with Gasteiger partial charge in [0.15, 0.2) is 11.5 Å². The molecule has 2 aromatic carbocycles. The Morgan fingerprint density at radius 1 is 0.968 bits per heavy atom. The second-order valence-corrected chi connectivity index (χ2v) is 9.86. The van der Waals surface area contributed by atoms with E-state index in [0.29, 0.717) is 43.7 Å². The molecule has 2 aliphatic rings. The molecule has 162 valence electrons. The van der Waals surface area contributed by atoms with Gasteiger partial charge < -0.3 is 14.0 Å². The molecule has 0 spiro atoms. The molecule has 0 N–H and O–H groups in total. The average molecular weight is 440 g/mol. The van der Waals surface area contributed by atoms with Crippen molar-refractivity contribution in [2.45, 2.75) is 24.3 Å². The molecule has 0 saturated carbocycles. The Bertz CT molecular complexity index is 1150. The van der Waals surface area contributed by atoms with Gasteiger partial charge in [-0.05, 0) is 30.9 Å². The van der Waals surface area contributed by atoms with E-state index in [2.05, 4.69) is 21.7 Å². The summed E-state index contributed by atoms with van der Waals surface area (Å²) in [5.41, 5.74) is 1.09. The minimum atomic E-state index is -3.55. The topological polar surface area (TPSA) is 73.7 Å². The molecule has 0 radical (unpaired) electrons. The predicted molar refractivity (Wildman–Crippen MR) is 117 cm³/mol. The van der Waals surface area contributed by atoms with Crippen molar-refractivity contribution >= 4 is 10.0 Å². The fourth-order valence-electron chi connectivity index (χ4n) is 4.25. The monoisotopic (exact) mass is 439 g/mol. The van der Waals surface area contributed by atoms with Crippen LogP contribution < -0.4 is 9.47 Å². The van der Waals surface area contributed by atoms with Crippen LogP contribution in [-0.4, -0.2) is 48.6 Å². The number of sulfonamides is 1. The van der Waals surface area contributed by atoms with E-state index in [1.54, 1.807) is 22.5 Å². The van der Waals surface area contributed by atoms with E-state index in [9.17, 15) is 8.42 Å². The van der Waals surface area contributed by atoms with Gasteiger partial charge in [-0.1, -0.05) is 30.3 Å². The quantitative estimate of drug-likeness (QED) is 0.609. The van der Waals surface area contributed by atoms with Gasteiger partial charge in [0.1, 0.15) is 19.0 Å². The van der Waals surface area contributed by atoms with Gasteiger partial charge in [0.05, 0.1) is 4.90 Å². The van der Waals surface area contributed by atoms with Crippen LogP contribution in [0.5, 0.6) is 11.5 Å². The van der Waals surface area contributed by atoms with Gasteiger partial charge in [0.25, 0.3) is 0 Å². The molecular formula is C23H25N3O4S. The molecule has 1 aromatic heterocycles. The standard InChI is InChI=1S/C23H25N3O4S/c27-31(28,20-6-7-21-22(16-20)30-15-14-29-21)26-11-8-18(9-12-26)17-25-13-10-24-23(25)19-4-2-1-3-5-19/h1-7,10,13,16,18H,8-9,11-12,14-15,17H2. The molecule has 0 atom stereocenters. The van der Waals surface area contributed by atoms with Crippen LogP contribution in [0.15, 0.2) is 65.8 Å². The average Bonchev–Trinajstić information content (AvgIpc) is 3.28.